The summed E-state index contributed by atoms with van der Waals surface area (Å²) in [5, 5.41) is 2.94. The third-order valence-corrected chi connectivity index (χ3v) is 3.53. The Bertz CT molecular complexity index is 510. The highest BCUT2D eigenvalue weighted by Gasteiger charge is 2.19. The Morgan fingerprint density at radius 1 is 1.14 bits per heavy atom. The monoisotopic (exact) mass is 287 g/mol. The Labute approximate surface area is 125 Å². The molecule has 4 nitrogen and oxygen atoms in total. The minimum atomic E-state index is -0.293. The van der Waals surface area contributed by atoms with Gasteiger partial charge in [-0.05, 0) is 18.4 Å². The maximum atomic E-state index is 11.9. The summed E-state index contributed by atoms with van der Waals surface area (Å²) in [5.41, 5.74) is 0.943. The molecule has 0 fully saturated rings. The smallest absolute Gasteiger partial charge is 0.309 e. The highest BCUT2D eigenvalue weighted by molar-refractivity contribution is 5.77. The van der Waals surface area contributed by atoms with Gasteiger partial charge >= 0.3 is 5.97 Å². The molecule has 0 aromatic heterocycles. The number of cyclic esters (lactones) is 1. The lowest BCUT2D eigenvalue weighted by Crippen LogP contribution is -2.32. The number of carbonyl (C=O) groups is 2. The molecule has 0 unspecified atom stereocenters. The Hall–Kier alpha value is -2.10. The molecule has 2 rings (SSSR count). The molecule has 0 saturated carbocycles. The molecule has 1 aliphatic rings. The van der Waals surface area contributed by atoms with Crippen molar-refractivity contribution in [1.29, 1.82) is 0 Å². The average molecular weight is 287 g/mol. The van der Waals surface area contributed by atoms with Gasteiger partial charge < -0.3 is 10.1 Å². The second kappa shape index (κ2) is 7.62. The van der Waals surface area contributed by atoms with Crippen molar-refractivity contribution in [2.45, 2.75) is 32.2 Å². The van der Waals surface area contributed by atoms with Gasteiger partial charge in [-0.2, -0.15) is 0 Å². The van der Waals surface area contributed by atoms with E-state index in [4.69, 9.17) is 4.74 Å². The highest BCUT2D eigenvalue weighted by atomic mass is 16.5. The number of nitrogens with one attached hydrogen (secondary N) is 1. The zero-order chi connectivity index (χ0) is 15.1. The average Bonchev–Trinajstić information content (AvgIpc) is 2.50. The normalized spacial score (nSPS) is 26.0. The van der Waals surface area contributed by atoms with E-state index in [0.717, 1.165) is 5.56 Å². The number of carbonyl (C=O) groups excluding carboxylic acids is 2. The molecule has 1 aromatic carbocycles. The van der Waals surface area contributed by atoms with Gasteiger partial charge in [-0.1, -0.05) is 49.4 Å². The van der Waals surface area contributed by atoms with E-state index >= 15 is 0 Å². The summed E-state index contributed by atoms with van der Waals surface area (Å²) in [7, 11) is 0. The summed E-state index contributed by atoms with van der Waals surface area (Å²) in [4.78, 5) is 23.9. The van der Waals surface area contributed by atoms with Gasteiger partial charge in [-0.3, -0.25) is 9.59 Å². The number of rotatable bonds is 1. The van der Waals surface area contributed by atoms with Crippen LogP contribution in [0.4, 0.5) is 0 Å². The molecule has 0 spiro atoms. The second-order valence-corrected chi connectivity index (χ2v) is 5.31. The number of esters is 1. The van der Waals surface area contributed by atoms with Crippen LogP contribution in [0, 0.1) is 5.92 Å². The molecule has 1 heterocycles. The summed E-state index contributed by atoms with van der Waals surface area (Å²) in [6.45, 7) is 2.02. The molecule has 2 atom stereocenters. The molecule has 0 aliphatic carbocycles. The lowest BCUT2D eigenvalue weighted by molar-refractivity contribution is -0.149. The summed E-state index contributed by atoms with van der Waals surface area (Å²) in [5.74, 6) is -0.415. The Kier molecular flexibility index (Phi) is 5.55. The largest absolute Gasteiger partial charge is 0.463 e. The quantitative estimate of drug-likeness (QED) is 0.638. The van der Waals surface area contributed by atoms with Crippen LogP contribution in [0.5, 0.6) is 0 Å². The van der Waals surface area contributed by atoms with E-state index in [1.54, 1.807) is 0 Å². The van der Waals surface area contributed by atoms with E-state index in [1.165, 1.54) is 0 Å². The molecule has 1 aromatic rings. The van der Waals surface area contributed by atoms with Crippen molar-refractivity contribution < 1.29 is 14.3 Å². The second-order valence-electron chi connectivity index (χ2n) is 5.31. The van der Waals surface area contributed by atoms with Gasteiger partial charge in [-0.15, -0.1) is 0 Å². The fourth-order valence-corrected chi connectivity index (χ4v) is 2.21. The van der Waals surface area contributed by atoms with Crippen molar-refractivity contribution in [1.82, 2.24) is 5.32 Å². The zero-order valence-electron chi connectivity index (χ0n) is 12.2. The molecule has 1 amide bonds. The van der Waals surface area contributed by atoms with Gasteiger partial charge in [0, 0.05) is 6.42 Å². The van der Waals surface area contributed by atoms with Crippen molar-refractivity contribution in [3.8, 4) is 0 Å². The van der Waals surface area contributed by atoms with E-state index in [2.05, 4.69) is 5.32 Å². The van der Waals surface area contributed by atoms with Crippen LogP contribution in [-0.4, -0.2) is 18.5 Å². The third-order valence-electron chi connectivity index (χ3n) is 3.53. The van der Waals surface area contributed by atoms with Crippen LogP contribution < -0.4 is 5.32 Å². The van der Waals surface area contributed by atoms with Crippen molar-refractivity contribution >= 4 is 11.9 Å². The maximum Gasteiger partial charge on any atom is 0.309 e. The Morgan fingerprint density at radius 2 is 1.90 bits per heavy atom. The minimum absolute atomic E-state index is 0.0295. The standard InChI is InChI=1S/C17H21NO3/c1-13-8-4-2-7-11-16(19)18-15(12-21-17(13)20)14-9-5-3-6-10-14/h2-6,9-10,13,15H,7-8,11-12H2,1H3,(H,18,19)/b4-2-/t13-,15-/m0/s1. The number of amides is 1. The lowest BCUT2D eigenvalue weighted by Gasteiger charge is -2.20. The van der Waals surface area contributed by atoms with Crippen LogP contribution >= 0.6 is 0 Å². The highest BCUT2D eigenvalue weighted by Crippen LogP contribution is 2.16. The van der Waals surface area contributed by atoms with Crippen LogP contribution in [0.2, 0.25) is 0 Å². The van der Waals surface area contributed by atoms with Gasteiger partial charge in [0.25, 0.3) is 0 Å². The van der Waals surface area contributed by atoms with E-state index in [-0.39, 0.29) is 30.4 Å². The van der Waals surface area contributed by atoms with E-state index < -0.39 is 0 Å². The summed E-state index contributed by atoms with van der Waals surface area (Å²) in [6, 6.07) is 9.29. The molecule has 0 radical (unpaired) electrons. The Morgan fingerprint density at radius 3 is 2.67 bits per heavy atom. The fraction of sp³-hybridized carbons (Fsp3) is 0.412. The topological polar surface area (TPSA) is 55.4 Å². The molecular weight excluding hydrogens is 266 g/mol. The Balaban J connectivity index is 2.13. The molecule has 0 saturated heterocycles. The first-order valence-electron chi connectivity index (χ1n) is 7.32. The maximum absolute atomic E-state index is 11.9. The minimum Gasteiger partial charge on any atom is -0.463 e. The number of allylic oxidation sites excluding steroid dienone is 2. The summed E-state index contributed by atoms with van der Waals surface area (Å²) < 4.78 is 5.35. The van der Waals surface area contributed by atoms with E-state index in [1.807, 2.05) is 49.4 Å². The molecule has 0 bridgehead atoms. The first kappa shape index (κ1) is 15.3. The molecule has 112 valence electrons. The zero-order valence-corrected chi connectivity index (χ0v) is 12.2. The predicted octanol–water partition coefficient (Wildman–Crippen LogP) is 2.76. The van der Waals surface area contributed by atoms with Crippen molar-refractivity contribution in [3.05, 3.63) is 48.0 Å². The van der Waals surface area contributed by atoms with Gasteiger partial charge in [-0.25, -0.2) is 0 Å². The van der Waals surface area contributed by atoms with Crippen LogP contribution in [0.3, 0.4) is 0 Å². The summed E-state index contributed by atoms with van der Waals surface area (Å²) in [6.07, 6.45) is 5.67. The van der Waals surface area contributed by atoms with Gasteiger partial charge in [0.05, 0.1) is 12.0 Å². The van der Waals surface area contributed by atoms with Crippen LogP contribution in [0.1, 0.15) is 37.8 Å². The molecule has 1 aliphatic heterocycles. The van der Waals surface area contributed by atoms with Crippen LogP contribution in [-0.2, 0) is 14.3 Å². The van der Waals surface area contributed by atoms with Crippen molar-refractivity contribution in [2.24, 2.45) is 5.92 Å². The predicted molar refractivity (Wildman–Crippen MR) is 80.4 cm³/mol. The SMILES string of the molecule is C[C@H]1C/C=C\CCC(=O)N[C@H](c2ccccc2)COC1=O. The number of benzene rings is 1. The van der Waals surface area contributed by atoms with Gasteiger partial charge in [0.2, 0.25) is 5.91 Å². The van der Waals surface area contributed by atoms with E-state index in [0.29, 0.717) is 19.3 Å². The lowest BCUT2D eigenvalue weighted by atomic mass is 10.1. The molecule has 1 N–H and O–H groups in total. The van der Waals surface area contributed by atoms with Crippen LogP contribution in [0.15, 0.2) is 42.5 Å². The molecular formula is C17H21NO3. The number of ether oxygens (including phenoxy) is 1. The fourth-order valence-electron chi connectivity index (χ4n) is 2.21. The summed E-state index contributed by atoms with van der Waals surface area (Å²) >= 11 is 0. The first-order chi connectivity index (χ1) is 10.2. The third kappa shape index (κ3) is 4.74. The number of hydrogen-bond donors (Lipinski definition) is 1. The van der Waals surface area contributed by atoms with Crippen molar-refractivity contribution in [3.63, 3.8) is 0 Å². The van der Waals surface area contributed by atoms with E-state index in [9.17, 15) is 9.59 Å². The number of hydrogen-bond acceptors (Lipinski definition) is 3. The van der Waals surface area contributed by atoms with Crippen molar-refractivity contribution in [2.75, 3.05) is 6.61 Å². The van der Waals surface area contributed by atoms with Gasteiger partial charge in [0.15, 0.2) is 0 Å². The molecule has 21 heavy (non-hydrogen) atoms. The molecule has 4 heteroatoms. The van der Waals surface area contributed by atoms with Gasteiger partial charge in [0.1, 0.15) is 6.61 Å². The van der Waals surface area contributed by atoms with Crippen LogP contribution in [0.25, 0.3) is 0 Å². The first-order valence-corrected chi connectivity index (χ1v) is 7.32.